The Hall–Kier alpha value is -0.710. The Labute approximate surface area is 76.9 Å². The van der Waals surface area contributed by atoms with Gasteiger partial charge in [-0.3, -0.25) is 0 Å². The van der Waals surface area contributed by atoms with Crippen LogP contribution in [-0.4, -0.2) is 11.7 Å². The molecule has 71 valence electrons. The van der Waals surface area contributed by atoms with E-state index in [-0.39, 0.29) is 16.7 Å². The van der Waals surface area contributed by atoms with Gasteiger partial charge in [-0.2, -0.15) is 8.78 Å². The first-order valence-corrected chi connectivity index (χ1v) is 4.15. The predicted octanol–water partition coefficient (Wildman–Crippen LogP) is 3.44. The molecule has 1 radical (unpaired) electrons. The molecule has 0 spiro atoms. The summed E-state index contributed by atoms with van der Waals surface area (Å²) in [7, 11) is 0. The third-order valence-electron chi connectivity index (χ3n) is 1.20. The molecule has 13 heavy (non-hydrogen) atoms. The molecule has 1 aromatic carbocycles. The Bertz CT molecular complexity index is 260. The van der Waals surface area contributed by atoms with Crippen LogP contribution in [0, 0.1) is 6.07 Å². The molecule has 0 saturated carbocycles. The molecule has 0 amide bonds. The van der Waals surface area contributed by atoms with E-state index in [9.17, 15) is 17.6 Å². The molecule has 0 N–H and O–H groups in total. The topological polar surface area (TPSA) is 0 Å². The van der Waals surface area contributed by atoms with Gasteiger partial charge in [0.25, 0.3) is 0 Å². The summed E-state index contributed by atoms with van der Waals surface area (Å²) in [6.45, 7) is 0. The maximum atomic E-state index is 12.4. The average molecular weight is 209 g/mol. The average Bonchev–Trinajstić information content (AvgIpc) is 2.05. The molecule has 0 aliphatic heterocycles. The SMILES string of the molecule is FC(F)C(F)(F)Sc1cc[c]cc1. The molecule has 0 fully saturated rings. The Balaban J connectivity index is 2.69. The Kier molecular flexibility index (Phi) is 3.19. The van der Waals surface area contributed by atoms with Gasteiger partial charge in [-0.05, 0) is 30.0 Å². The lowest BCUT2D eigenvalue weighted by Gasteiger charge is -2.13. The van der Waals surface area contributed by atoms with Gasteiger partial charge in [-0.25, -0.2) is 8.78 Å². The number of alkyl halides is 4. The third kappa shape index (κ3) is 2.91. The fourth-order valence-electron chi connectivity index (χ4n) is 0.641. The van der Waals surface area contributed by atoms with E-state index in [0.717, 1.165) is 0 Å². The van der Waals surface area contributed by atoms with Crippen LogP contribution in [0.25, 0.3) is 0 Å². The summed E-state index contributed by atoms with van der Waals surface area (Å²) in [5.74, 6) is 0. The van der Waals surface area contributed by atoms with Crippen LogP contribution in [0.5, 0.6) is 0 Å². The molecular weight excluding hydrogens is 204 g/mol. The highest BCUT2D eigenvalue weighted by molar-refractivity contribution is 8.00. The van der Waals surface area contributed by atoms with Gasteiger partial charge in [0.2, 0.25) is 0 Å². The molecule has 0 nitrogen and oxygen atoms in total. The van der Waals surface area contributed by atoms with Gasteiger partial charge in [-0.1, -0.05) is 12.1 Å². The monoisotopic (exact) mass is 209 g/mol. The van der Waals surface area contributed by atoms with Crippen molar-refractivity contribution in [3.8, 4) is 0 Å². The quantitative estimate of drug-likeness (QED) is 0.542. The molecule has 1 aromatic rings. The highest BCUT2D eigenvalue weighted by atomic mass is 32.2. The summed E-state index contributed by atoms with van der Waals surface area (Å²) in [6, 6.07) is 8.00. The largest absolute Gasteiger partial charge is 0.357 e. The second-order valence-electron chi connectivity index (χ2n) is 2.20. The molecule has 0 heterocycles. The van der Waals surface area contributed by atoms with E-state index in [2.05, 4.69) is 6.07 Å². The van der Waals surface area contributed by atoms with Gasteiger partial charge < -0.3 is 0 Å². The van der Waals surface area contributed by atoms with Gasteiger partial charge in [0.1, 0.15) is 0 Å². The molecule has 0 unspecified atom stereocenters. The summed E-state index contributed by atoms with van der Waals surface area (Å²) in [5, 5.41) is -4.03. The van der Waals surface area contributed by atoms with Crippen LogP contribution in [-0.2, 0) is 0 Å². The van der Waals surface area contributed by atoms with Gasteiger partial charge in [0.15, 0.2) is 0 Å². The number of hydrogen-bond donors (Lipinski definition) is 0. The predicted molar refractivity (Wildman–Crippen MR) is 42.1 cm³/mol. The van der Waals surface area contributed by atoms with Gasteiger partial charge in [0, 0.05) is 4.90 Å². The molecule has 0 aromatic heterocycles. The van der Waals surface area contributed by atoms with Gasteiger partial charge in [-0.15, -0.1) is 0 Å². The van der Waals surface area contributed by atoms with Crippen molar-refractivity contribution < 1.29 is 17.6 Å². The molecule has 0 aliphatic carbocycles. The minimum Gasteiger partial charge on any atom is -0.202 e. The number of rotatable bonds is 3. The zero-order chi connectivity index (χ0) is 9.90. The zero-order valence-electron chi connectivity index (χ0n) is 6.31. The second-order valence-corrected chi connectivity index (χ2v) is 3.42. The van der Waals surface area contributed by atoms with Crippen molar-refractivity contribution in [1.29, 1.82) is 0 Å². The molecule has 0 bridgehead atoms. The van der Waals surface area contributed by atoms with E-state index in [0.29, 0.717) is 0 Å². The van der Waals surface area contributed by atoms with Gasteiger partial charge >= 0.3 is 11.7 Å². The highest BCUT2D eigenvalue weighted by Gasteiger charge is 2.41. The lowest BCUT2D eigenvalue weighted by Crippen LogP contribution is -2.21. The summed E-state index contributed by atoms with van der Waals surface area (Å²) < 4.78 is 48.3. The van der Waals surface area contributed by atoms with Crippen molar-refractivity contribution in [3.05, 3.63) is 30.3 Å². The minimum absolute atomic E-state index is 0.101. The summed E-state index contributed by atoms with van der Waals surface area (Å²) in [6.07, 6.45) is -3.65. The van der Waals surface area contributed by atoms with E-state index >= 15 is 0 Å². The first-order chi connectivity index (χ1) is 6.02. The lowest BCUT2D eigenvalue weighted by molar-refractivity contribution is -0.0563. The van der Waals surface area contributed by atoms with Gasteiger partial charge in [0.05, 0.1) is 0 Å². The molecular formula is C8H5F4S. The number of benzene rings is 1. The van der Waals surface area contributed by atoms with E-state index in [1.807, 2.05) is 0 Å². The fraction of sp³-hybridized carbons (Fsp3) is 0.250. The summed E-state index contributed by atoms with van der Waals surface area (Å²) in [4.78, 5) is 0.101. The molecule has 0 atom stereocenters. The van der Waals surface area contributed by atoms with Crippen molar-refractivity contribution in [3.63, 3.8) is 0 Å². The lowest BCUT2D eigenvalue weighted by atomic mass is 10.4. The van der Waals surface area contributed by atoms with Crippen LogP contribution in [0.3, 0.4) is 0 Å². The zero-order valence-corrected chi connectivity index (χ0v) is 7.12. The normalized spacial score (nSPS) is 12.1. The Morgan fingerprint density at radius 3 is 2.23 bits per heavy atom. The number of thioether (sulfide) groups is 1. The first kappa shape index (κ1) is 10.4. The fourth-order valence-corrected chi connectivity index (χ4v) is 1.32. The van der Waals surface area contributed by atoms with Crippen LogP contribution in [0.15, 0.2) is 29.2 Å². The van der Waals surface area contributed by atoms with Crippen molar-refractivity contribution in [2.45, 2.75) is 16.6 Å². The van der Waals surface area contributed by atoms with Crippen molar-refractivity contribution in [2.75, 3.05) is 0 Å². The van der Waals surface area contributed by atoms with E-state index in [4.69, 9.17) is 0 Å². The third-order valence-corrected chi connectivity index (χ3v) is 2.15. The number of halogens is 4. The molecule has 5 heteroatoms. The highest BCUT2D eigenvalue weighted by Crippen LogP contribution is 2.39. The molecule has 0 saturated heterocycles. The minimum atomic E-state index is -4.03. The Morgan fingerprint density at radius 2 is 1.77 bits per heavy atom. The standard InChI is InChI=1S/C8H5F4S/c9-7(10)8(11,12)13-6-4-2-1-3-5-6/h2-5,7H. The van der Waals surface area contributed by atoms with Crippen LogP contribution in [0.4, 0.5) is 17.6 Å². The second kappa shape index (κ2) is 4.00. The van der Waals surface area contributed by atoms with Crippen molar-refractivity contribution in [1.82, 2.24) is 0 Å². The Morgan fingerprint density at radius 1 is 1.23 bits per heavy atom. The van der Waals surface area contributed by atoms with Crippen molar-refractivity contribution in [2.24, 2.45) is 0 Å². The number of hydrogen-bond acceptors (Lipinski definition) is 1. The van der Waals surface area contributed by atoms with E-state index < -0.39 is 11.7 Å². The molecule has 0 aliphatic rings. The molecule has 1 rings (SSSR count). The van der Waals surface area contributed by atoms with E-state index in [1.54, 1.807) is 0 Å². The smallest absolute Gasteiger partial charge is 0.202 e. The van der Waals surface area contributed by atoms with E-state index in [1.165, 1.54) is 24.3 Å². The summed E-state index contributed by atoms with van der Waals surface area (Å²) in [5.41, 5.74) is 0. The first-order valence-electron chi connectivity index (χ1n) is 3.33. The maximum absolute atomic E-state index is 12.4. The van der Waals surface area contributed by atoms with Crippen LogP contribution in [0.1, 0.15) is 0 Å². The maximum Gasteiger partial charge on any atom is 0.357 e. The van der Waals surface area contributed by atoms with Crippen LogP contribution in [0.2, 0.25) is 0 Å². The van der Waals surface area contributed by atoms with Crippen LogP contribution >= 0.6 is 11.8 Å². The van der Waals surface area contributed by atoms with Crippen molar-refractivity contribution >= 4 is 11.8 Å². The van der Waals surface area contributed by atoms with Crippen LogP contribution < -0.4 is 0 Å². The summed E-state index contributed by atoms with van der Waals surface area (Å²) >= 11 is -0.149.